The van der Waals surface area contributed by atoms with E-state index in [1.165, 1.54) is 0 Å². The fraction of sp³-hybridized carbons (Fsp3) is 0.842. The third-order valence-corrected chi connectivity index (χ3v) is 6.65. The summed E-state index contributed by atoms with van der Waals surface area (Å²) in [6, 6.07) is 0. The molecule has 1 aliphatic carbocycles. The fourth-order valence-corrected chi connectivity index (χ4v) is 4.02. The molecule has 0 unspecified atom stereocenters. The van der Waals surface area contributed by atoms with Crippen LogP contribution in [-0.4, -0.2) is 48.4 Å². The van der Waals surface area contributed by atoms with Crippen molar-refractivity contribution in [3.05, 3.63) is 11.5 Å². The van der Waals surface area contributed by atoms with Crippen molar-refractivity contribution in [1.82, 2.24) is 4.90 Å². The van der Waals surface area contributed by atoms with Crippen molar-refractivity contribution in [1.29, 1.82) is 0 Å². The maximum absolute atomic E-state index is 12.8. The molecule has 2 heterocycles. The molecule has 0 radical (unpaired) electrons. The van der Waals surface area contributed by atoms with Crippen LogP contribution in [-0.2, 0) is 14.1 Å². The predicted octanol–water partition coefficient (Wildman–Crippen LogP) is 4.15. The van der Waals surface area contributed by atoms with E-state index in [0.29, 0.717) is 32.4 Å². The molecule has 0 aromatic carbocycles. The van der Waals surface area contributed by atoms with Crippen molar-refractivity contribution >= 4 is 13.0 Å². The summed E-state index contributed by atoms with van der Waals surface area (Å²) in [5, 5.41) is 0. The lowest BCUT2D eigenvalue weighted by Crippen LogP contribution is -2.42. The predicted molar refractivity (Wildman–Crippen MR) is 96.9 cm³/mol. The second-order valence-corrected chi connectivity index (χ2v) is 8.99. The number of halogens is 3. The second kappa shape index (κ2) is 7.10. The Balaban J connectivity index is 1.54. The lowest BCUT2D eigenvalue weighted by atomic mass is 9.74. The summed E-state index contributed by atoms with van der Waals surface area (Å²) in [5.74, 6) is -1.55. The highest BCUT2D eigenvalue weighted by Gasteiger charge is 2.52. The van der Waals surface area contributed by atoms with Crippen molar-refractivity contribution in [3.8, 4) is 0 Å². The first-order chi connectivity index (χ1) is 12.4. The first-order valence-corrected chi connectivity index (χ1v) is 9.81. The molecular weight excluding hydrogens is 358 g/mol. The second-order valence-electron chi connectivity index (χ2n) is 8.99. The van der Waals surface area contributed by atoms with Gasteiger partial charge in [0, 0.05) is 19.0 Å². The van der Waals surface area contributed by atoms with Gasteiger partial charge in [-0.1, -0.05) is 6.08 Å². The quantitative estimate of drug-likeness (QED) is 0.669. The van der Waals surface area contributed by atoms with Crippen molar-refractivity contribution in [3.63, 3.8) is 0 Å². The lowest BCUT2D eigenvalue weighted by molar-refractivity contribution is -0.185. The van der Waals surface area contributed by atoms with Crippen LogP contribution in [0, 0.1) is 11.8 Å². The highest BCUT2D eigenvalue weighted by Crippen LogP contribution is 2.41. The minimum absolute atomic E-state index is 0.0140. The van der Waals surface area contributed by atoms with Crippen LogP contribution in [0.2, 0.25) is 0 Å². The van der Waals surface area contributed by atoms with Crippen LogP contribution in [0.3, 0.4) is 0 Å². The molecule has 27 heavy (non-hydrogen) atoms. The zero-order valence-electron chi connectivity index (χ0n) is 16.6. The molecule has 0 atom stereocenters. The Morgan fingerprint density at radius 1 is 1.11 bits per heavy atom. The van der Waals surface area contributed by atoms with Gasteiger partial charge in [0.15, 0.2) is 0 Å². The maximum Gasteiger partial charge on any atom is 0.490 e. The van der Waals surface area contributed by atoms with Crippen molar-refractivity contribution in [2.24, 2.45) is 11.8 Å². The molecule has 4 nitrogen and oxygen atoms in total. The lowest BCUT2D eigenvalue weighted by Gasteiger charge is -2.34. The first-order valence-electron chi connectivity index (χ1n) is 9.81. The molecule has 2 fully saturated rings. The third kappa shape index (κ3) is 4.21. The number of hydrogen-bond donors (Lipinski definition) is 0. The summed E-state index contributed by atoms with van der Waals surface area (Å²) in [6.07, 6.45) is -0.725. The molecule has 0 aromatic rings. The molecule has 0 aromatic heterocycles. The molecule has 3 aliphatic rings. The van der Waals surface area contributed by atoms with Gasteiger partial charge in [-0.2, -0.15) is 13.2 Å². The number of hydrogen-bond acceptors (Lipinski definition) is 3. The smallest absolute Gasteiger partial charge is 0.400 e. The highest BCUT2D eigenvalue weighted by atomic mass is 19.4. The number of nitrogens with zero attached hydrogens (tertiary/aromatic N) is 1. The van der Waals surface area contributed by atoms with Gasteiger partial charge in [0.25, 0.3) is 0 Å². The van der Waals surface area contributed by atoms with Crippen LogP contribution in [0.5, 0.6) is 0 Å². The fourth-order valence-electron chi connectivity index (χ4n) is 4.02. The van der Waals surface area contributed by atoms with Crippen LogP contribution >= 0.6 is 0 Å². The Hall–Kier alpha value is -1.02. The summed E-state index contributed by atoms with van der Waals surface area (Å²) >= 11 is 0. The van der Waals surface area contributed by atoms with E-state index < -0.39 is 30.4 Å². The molecule has 0 spiro atoms. The number of rotatable bonds is 2. The molecule has 1 saturated heterocycles. The van der Waals surface area contributed by atoms with E-state index in [4.69, 9.17) is 9.31 Å². The molecule has 3 rings (SSSR count). The van der Waals surface area contributed by atoms with Gasteiger partial charge in [0.2, 0.25) is 5.91 Å². The zero-order chi connectivity index (χ0) is 20.0. The molecule has 0 N–H and O–H groups in total. The van der Waals surface area contributed by atoms with E-state index in [0.717, 1.165) is 5.47 Å². The molecular formula is C19H29BF3NO3. The Labute approximate surface area is 159 Å². The van der Waals surface area contributed by atoms with Gasteiger partial charge in [-0.25, -0.2) is 0 Å². The SMILES string of the molecule is CC1(C)OB(C2=CCN(C(=O)C3CCC(C(F)(F)F)CC3)CC2)OC1(C)C. The van der Waals surface area contributed by atoms with E-state index >= 15 is 0 Å². The van der Waals surface area contributed by atoms with Crippen LogP contribution in [0.4, 0.5) is 13.2 Å². The monoisotopic (exact) mass is 387 g/mol. The van der Waals surface area contributed by atoms with Crippen LogP contribution in [0.1, 0.15) is 59.8 Å². The summed E-state index contributed by atoms with van der Waals surface area (Å²) in [4.78, 5) is 14.5. The van der Waals surface area contributed by atoms with E-state index in [1.807, 2.05) is 33.8 Å². The summed E-state index contributed by atoms with van der Waals surface area (Å²) in [5.41, 5.74) is 0.240. The van der Waals surface area contributed by atoms with Crippen LogP contribution < -0.4 is 0 Å². The Morgan fingerprint density at radius 2 is 1.67 bits per heavy atom. The average molecular weight is 387 g/mol. The van der Waals surface area contributed by atoms with Crippen LogP contribution in [0.25, 0.3) is 0 Å². The van der Waals surface area contributed by atoms with Gasteiger partial charge in [0.05, 0.1) is 17.1 Å². The van der Waals surface area contributed by atoms with Crippen molar-refractivity contribution in [2.45, 2.75) is 77.2 Å². The van der Waals surface area contributed by atoms with Crippen molar-refractivity contribution < 1.29 is 27.3 Å². The standard InChI is InChI=1S/C19H29BF3NO3/c1-17(2)18(3,4)27-20(26-17)15-9-11-24(12-10-15)16(25)13-5-7-14(8-6-13)19(21,22)23/h9,13-14H,5-8,10-12H2,1-4H3. The normalized spacial score (nSPS) is 31.0. The molecule has 0 bridgehead atoms. The van der Waals surface area contributed by atoms with Gasteiger partial charge in [0.1, 0.15) is 0 Å². The third-order valence-electron chi connectivity index (χ3n) is 6.65. The van der Waals surface area contributed by atoms with Gasteiger partial charge in [-0.3, -0.25) is 4.79 Å². The summed E-state index contributed by atoms with van der Waals surface area (Å²) < 4.78 is 50.5. The summed E-state index contributed by atoms with van der Waals surface area (Å²) in [7, 11) is -0.394. The number of carbonyl (C=O) groups excluding carboxylic acids is 1. The molecule has 2 aliphatic heterocycles. The number of amides is 1. The zero-order valence-corrected chi connectivity index (χ0v) is 16.6. The molecule has 1 saturated carbocycles. The van der Waals surface area contributed by atoms with Crippen LogP contribution in [0.15, 0.2) is 11.5 Å². The minimum atomic E-state index is -4.14. The maximum atomic E-state index is 12.8. The first kappa shape index (κ1) is 20.7. The Bertz CT molecular complexity index is 594. The molecule has 152 valence electrons. The van der Waals surface area contributed by atoms with Gasteiger partial charge >= 0.3 is 13.3 Å². The number of carbonyl (C=O) groups is 1. The number of alkyl halides is 3. The molecule has 1 amide bonds. The average Bonchev–Trinajstić information content (AvgIpc) is 2.81. The van der Waals surface area contributed by atoms with E-state index in [9.17, 15) is 18.0 Å². The summed E-state index contributed by atoms with van der Waals surface area (Å²) in [6.45, 7) is 9.05. The topological polar surface area (TPSA) is 38.8 Å². The van der Waals surface area contributed by atoms with E-state index in [-0.39, 0.29) is 24.7 Å². The van der Waals surface area contributed by atoms with Gasteiger partial charge < -0.3 is 14.2 Å². The minimum Gasteiger partial charge on any atom is -0.400 e. The van der Waals surface area contributed by atoms with Crippen molar-refractivity contribution in [2.75, 3.05) is 13.1 Å². The van der Waals surface area contributed by atoms with Gasteiger partial charge in [-0.05, 0) is 65.3 Å². The van der Waals surface area contributed by atoms with E-state index in [1.54, 1.807) is 4.90 Å². The van der Waals surface area contributed by atoms with Gasteiger partial charge in [-0.15, -0.1) is 0 Å². The Kier molecular flexibility index (Phi) is 5.45. The highest BCUT2D eigenvalue weighted by molar-refractivity contribution is 6.54. The van der Waals surface area contributed by atoms with E-state index in [2.05, 4.69) is 0 Å². The Morgan fingerprint density at radius 3 is 2.11 bits per heavy atom. The largest absolute Gasteiger partial charge is 0.490 e. The molecule has 8 heteroatoms.